The van der Waals surface area contributed by atoms with Crippen molar-refractivity contribution < 1.29 is 4.92 Å². The van der Waals surface area contributed by atoms with Crippen LogP contribution in [-0.2, 0) is 7.05 Å². The van der Waals surface area contributed by atoms with Gasteiger partial charge in [-0.3, -0.25) is 24.5 Å². The fourth-order valence-corrected chi connectivity index (χ4v) is 2.03. The Kier molecular flexibility index (Phi) is 3.88. The van der Waals surface area contributed by atoms with Crippen LogP contribution in [0.25, 0.3) is 0 Å². The number of anilines is 2. The number of rotatable bonds is 4. The van der Waals surface area contributed by atoms with E-state index < -0.39 is 21.9 Å². The third-order valence-electron chi connectivity index (χ3n) is 3.10. The maximum Gasteiger partial charge on any atom is 0.374 e. The minimum atomic E-state index is -0.937. The lowest BCUT2D eigenvalue weighted by molar-refractivity contribution is -0.386. The maximum atomic E-state index is 12.0. The van der Waals surface area contributed by atoms with Gasteiger partial charge in [0.25, 0.3) is 0 Å². The van der Waals surface area contributed by atoms with E-state index in [4.69, 9.17) is 0 Å². The molecule has 0 fully saturated rings. The number of aromatic nitrogens is 2. The predicted octanol–water partition coefficient (Wildman–Crippen LogP) is 1.14. The summed E-state index contributed by atoms with van der Waals surface area (Å²) in [6, 6.07) is 8.82. The van der Waals surface area contributed by atoms with Gasteiger partial charge in [0.15, 0.2) is 0 Å². The van der Waals surface area contributed by atoms with Crippen molar-refractivity contribution in [2.45, 2.75) is 6.92 Å². The van der Waals surface area contributed by atoms with Crippen LogP contribution in [0, 0.1) is 10.1 Å². The van der Waals surface area contributed by atoms with Gasteiger partial charge in [-0.15, -0.1) is 0 Å². The molecular weight excluding hydrogens is 276 g/mol. The summed E-state index contributed by atoms with van der Waals surface area (Å²) in [6.45, 7) is 2.13. The second-order valence-electron chi connectivity index (χ2n) is 4.33. The zero-order chi connectivity index (χ0) is 15.6. The highest BCUT2D eigenvalue weighted by Gasteiger charge is 2.27. The summed E-state index contributed by atoms with van der Waals surface area (Å²) in [7, 11) is 1.19. The largest absolute Gasteiger partial charge is 0.374 e. The highest BCUT2D eigenvalue weighted by Crippen LogP contribution is 2.27. The molecule has 0 saturated carbocycles. The van der Waals surface area contributed by atoms with Crippen LogP contribution < -0.4 is 16.1 Å². The first-order valence-electron chi connectivity index (χ1n) is 6.27. The standard InChI is InChI=1S/C13H14N4O4/c1-3-16(9-7-5-4-6-8-9)11-10(17(20)21)12(18)15(2)13(19)14-11/h4-8H,3H2,1-2H3,(H,14,19). The van der Waals surface area contributed by atoms with Crippen LogP contribution in [0.5, 0.6) is 0 Å². The lowest BCUT2D eigenvalue weighted by Crippen LogP contribution is -2.36. The summed E-state index contributed by atoms with van der Waals surface area (Å²) >= 11 is 0. The van der Waals surface area contributed by atoms with Crippen LogP contribution in [0.3, 0.4) is 0 Å². The Hall–Kier alpha value is -2.90. The van der Waals surface area contributed by atoms with Crippen molar-refractivity contribution in [3.63, 3.8) is 0 Å². The molecule has 2 aromatic rings. The number of hydrogen-bond donors (Lipinski definition) is 1. The van der Waals surface area contributed by atoms with Crippen LogP contribution in [-0.4, -0.2) is 21.0 Å². The van der Waals surface area contributed by atoms with Gasteiger partial charge in [0, 0.05) is 19.3 Å². The summed E-state index contributed by atoms with van der Waals surface area (Å²) in [5.74, 6) is -0.109. The van der Waals surface area contributed by atoms with Crippen molar-refractivity contribution >= 4 is 17.2 Å². The molecule has 0 spiro atoms. The van der Waals surface area contributed by atoms with E-state index in [1.165, 1.54) is 11.9 Å². The smallest absolute Gasteiger partial charge is 0.322 e. The highest BCUT2D eigenvalue weighted by atomic mass is 16.6. The van der Waals surface area contributed by atoms with Crippen LogP contribution in [0.1, 0.15) is 6.92 Å². The average Bonchev–Trinajstić information content (AvgIpc) is 2.46. The molecule has 1 heterocycles. The summed E-state index contributed by atoms with van der Waals surface area (Å²) in [5, 5.41) is 11.2. The summed E-state index contributed by atoms with van der Waals surface area (Å²) in [6.07, 6.45) is 0. The molecular formula is C13H14N4O4. The first-order chi connectivity index (χ1) is 9.97. The summed E-state index contributed by atoms with van der Waals surface area (Å²) < 4.78 is 0.681. The minimum Gasteiger partial charge on any atom is -0.322 e. The molecule has 8 heteroatoms. The number of benzene rings is 1. The van der Waals surface area contributed by atoms with Gasteiger partial charge in [0.05, 0.1) is 4.92 Å². The van der Waals surface area contributed by atoms with Crippen molar-refractivity contribution in [3.05, 3.63) is 61.3 Å². The fraction of sp³-hybridized carbons (Fsp3) is 0.231. The van der Waals surface area contributed by atoms with Crippen molar-refractivity contribution in [1.82, 2.24) is 9.55 Å². The molecule has 1 aromatic heterocycles. The minimum absolute atomic E-state index is 0.109. The topological polar surface area (TPSA) is 101 Å². The van der Waals surface area contributed by atoms with Gasteiger partial charge in [0.1, 0.15) is 0 Å². The molecule has 21 heavy (non-hydrogen) atoms. The van der Waals surface area contributed by atoms with E-state index in [-0.39, 0.29) is 5.82 Å². The summed E-state index contributed by atoms with van der Waals surface area (Å²) in [5.41, 5.74) is -1.64. The van der Waals surface area contributed by atoms with Crippen molar-refractivity contribution in [2.24, 2.45) is 7.05 Å². The normalized spacial score (nSPS) is 10.4. The third kappa shape index (κ3) is 2.55. The lowest BCUT2D eigenvalue weighted by atomic mass is 10.2. The van der Waals surface area contributed by atoms with Gasteiger partial charge in [-0.1, -0.05) is 18.2 Å². The number of nitrogens with one attached hydrogen (secondary N) is 1. The van der Waals surface area contributed by atoms with Gasteiger partial charge in [-0.05, 0) is 19.1 Å². The molecule has 0 aliphatic heterocycles. The van der Waals surface area contributed by atoms with Crippen molar-refractivity contribution in [3.8, 4) is 0 Å². The van der Waals surface area contributed by atoms with E-state index in [0.29, 0.717) is 16.8 Å². The zero-order valence-electron chi connectivity index (χ0n) is 11.6. The van der Waals surface area contributed by atoms with Crippen LogP contribution >= 0.6 is 0 Å². The van der Waals surface area contributed by atoms with E-state index in [9.17, 15) is 19.7 Å². The Balaban J connectivity index is 2.76. The maximum absolute atomic E-state index is 12.0. The van der Waals surface area contributed by atoms with E-state index in [2.05, 4.69) is 4.98 Å². The molecule has 0 aliphatic carbocycles. The molecule has 1 aromatic carbocycles. The first-order valence-corrected chi connectivity index (χ1v) is 6.27. The van der Waals surface area contributed by atoms with Crippen LogP contribution in [0.15, 0.2) is 39.9 Å². The molecule has 0 amide bonds. The Bertz CT molecular complexity index is 779. The lowest BCUT2D eigenvalue weighted by Gasteiger charge is -2.22. The Labute approximate surface area is 119 Å². The quantitative estimate of drug-likeness (QED) is 0.672. The average molecular weight is 290 g/mol. The molecule has 1 N–H and O–H groups in total. The van der Waals surface area contributed by atoms with Gasteiger partial charge < -0.3 is 4.90 Å². The number of para-hydroxylation sites is 1. The second kappa shape index (κ2) is 5.61. The Morgan fingerprint density at radius 1 is 1.29 bits per heavy atom. The molecule has 0 aliphatic rings. The first kappa shape index (κ1) is 14.5. The van der Waals surface area contributed by atoms with E-state index in [1.807, 2.05) is 0 Å². The molecule has 0 bridgehead atoms. The van der Waals surface area contributed by atoms with Crippen molar-refractivity contribution in [2.75, 3.05) is 11.4 Å². The SMILES string of the molecule is CCN(c1ccccc1)c1[nH]c(=O)n(C)c(=O)c1[N+](=O)[O-]. The second-order valence-corrected chi connectivity index (χ2v) is 4.33. The molecule has 0 saturated heterocycles. The number of H-pyrrole nitrogens is 1. The van der Waals surface area contributed by atoms with Gasteiger partial charge in [-0.25, -0.2) is 4.79 Å². The molecule has 0 radical (unpaired) electrons. The molecule has 0 atom stereocenters. The summed E-state index contributed by atoms with van der Waals surface area (Å²) in [4.78, 5) is 38.1. The van der Waals surface area contributed by atoms with Gasteiger partial charge >= 0.3 is 16.9 Å². The molecule has 2 rings (SSSR count). The van der Waals surface area contributed by atoms with Gasteiger partial charge in [0.2, 0.25) is 5.82 Å². The van der Waals surface area contributed by atoms with Crippen molar-refractivity contribution in [1.29, 1.82) is 0 Å². The van der Waals surface area contributed by atoms with E-state index in [1.54, 1.807) is 37.3 Å². The monoisotopic (exact) mass is 290 g/mol. The van der Waals surface area contributed by atoms with Crippen LogP contribution in [0.4, 0.5) is 17.2 Å². The molecule has 8 nitrogen and oxygen atoms in total. The highest BCUT2D eigenvalue weighted by molar-refractivity contribution is 5.67. The Morgan fingerprint density at radius 3 is 2.43 bits per heavy atom. The number of nitrogens with zero attached hydrogens (tertiary/aromatic N) is 3. The fourth-order valence-electron chi connectivity index (χ4n) is 2.03. The van der Waals surface area contributed by atoms with E-state index >= 15 is 0 Å². The third-order valence-corrected chi connectivity index (χ3v) is 3.10. The molecule has 0 unspecified atom stereocenters. The number of nitro groups is 1. The van der Waals surface area contributed by atoms with Gasteiger partial charge in [-0.2, -0.15) is 0 Å². The number of aromatic amines is 1. The number of hydrogen-bond acceptors (Lipinski definition) is 5. The zero-order valence-corrected chi connectivity index (χ0v) is 11.6. The predicted molar refractivity (Wildman–Crippen MR) is 78.1 cm³/mol. The molecule has 110 valence electrons. The van der Waals surface area contributed by atoms with Crippen LogP contribution in [0.2, 0.25) is 0 Å². The van der Waals surface area contributed by atoms with E-state index in [0.717, 1.165) is 0 Å². The Morgan fingerprint density at radius 2 is 1.90 bits per heavy atom.